The summed E-state index contributed by atoms with van der Waals surface area (Å²) in [7, 11) is 1.97. The molecule has 0 spiro atoms. The fourth-order valence-corrected chi connectivity index (χ4v) is 1.68. The van der Waals surface area contributed by atoms with Gasteiger partial charge in [0.2, 0.25) is 0 Å². The lowest BCUT2D eigenvalue weighted by Gasteiger charge is -2.10. The molecule has 0 atom stereocenters. The van der Waals surface area contributed by atoms with Crippen LogP contribution in [0, 0.1) is 13.8 Å². The maximum Gasteiger partial charge on any atom is 0.0208 e. The van der Waals surface area contributed by atoms with Crippen molar-refractivity contribution in [1.82, 2.24) is 5.32 Å². The van der Waals surface area contributed by atoms with E-state index >= 15 is 0 Å². The summed E-state index contributed by atoms with van der Waals surface area (Å²) in [5, 5.41) is 3.17. The average molecular weight is 228 g/mol. The van der Waals surface area contributed by atoms with Crippen LogP contribution in [0.5, 0.6) is 0 Å². The van der Waals surface area contributed by atoms with Crippen molar-refractivity contribution < 1.29 is 0 Å². The fourth-order valence-electron chi connectivity index (χ4n) is 1.31. The van der Waals surface area contributed by atoms with Crippen LogP contribution < -0.4 is 5.32 Å². The molecule has 0 amide bonds. The number of hydrogen-bond acceptors (Lipinski definition) is 1. The molecule has 0 unspecified atom stereocenters. The molecule has 12 heavy (non-hydrogen) atoms. The van der Waals surface area contributed by atoms with E-state index in [2.05, 4.69) is 47.2 Å². The van der Waals surface area contributed by atoms with Gasteiger partial charge in [-0.05, 0) is 43.7 Å². The van der Waals surface area contributed by atoms with E-state index in [1.54, 1.807) is 0 Å². The summed E-state index contributed by atoms with van der Waals surface area (Å²) < 4.78 is 1.19. The molecule has 0 fully saturated rings. The minimum absolute atomic E-state index is 0.942. The van der Waals surface area contributed by atoms with Crippen molar-refractivity contribution in [3.8, 4) is 0 Å². The van der Waals surface area contributed by atoms with Gasteiger partial charge in [0, 0.05) is 11.0 Å². The third kappa shape index (κ3) is 1.87. The lowest BCUT2D eigenvalue weighted by Crippen LogP contribution is -2.08. The predicted molar refractivity (Wildman–Crippen MR) is 56.4 cm³/mol. The highest BCUT2D eigenvalue weighted by molar-refractivity contribution is 9.10. The Kier molecular flexibility index (Phi) is 3.29. The molecular weight excluding hydrogens is 214 g/mol. The van der Waals surface area contributed by atoms with Gasteiger partial charge < -0.3 is 5.32 Å². The zero-order valence-corrected chi connectivity index (χ0v) is 9.33. The maximum absolute atomic E-state index is 3.52. The lowest BCUT2D eigenvalue weighted by molar-refractivity contribution is 0.805. The van der Waals surface area contributed by atoms with Crippen LogP contribution in [-0.4, -0.2) is 7.05 Å². The van der Waals surface area contributed by atoms with E-state index in [0.717, 1.165) is 6.54 Å². The van der Waals surface area contributed by atoms with E-state index in [4.69, 9.17) is 0 Å². The first-order valence-electron chi connectivity index (χ1n) is 4.06. The van der Waals surface area contributed by atoms with Gasteiger partial charge in [0.25, 0.3) is 0 Å². The standard InChI is InChI=1S/C10H14BrN/c1-7-4-5-10(11)8(2)9(7)6-12-3/h4-5,12H,6H2,1-3H3. The zero-order chi connectivity index (χ0) is 9.14. The van der Waals surface area contributed by atoms with Crippen molar-refractivity contribution in [2.75, 3.05) is 7.05 Å². The van der Waals surface area contributed by atoms with Crippen LogP contribution >= 0.6 is 15.9 Å². The van der Waals surface area contributed by atoms with Crippen LogP contribution in [0.4, 0.5) is 0 Å². The highest BCUT2D eigenvalue weighted by Gasteiger charge is 2.03. The summed E-state index contributed by atoms with van der Waals surface area (Å²) in [6.07, 6.45) is 0. The molecule has 1 aromatic rings. The first kappa shape index (κ1) is 9.75. The molecule has 0 aliphatic heterocycles. The van der Waals surface area contributed by atoms with Crippen LogP contribution in [0.1, 0.15) is 16.7 Å². The molecule has 0 heterocycles. The number of nitrogens with one attached hydrogen (secondary N) is 1. The van der Waals surface area contributed by atoms with Gasteiger partial charge in [-0.2, -0.15) is 0 Å². The summed E-state index contributed by atoms with van der Waals surface area (Å²) in [6.45, 7) is 5.23. The van der Waals surface area contributed by atoms with Crippen LogP contribution in [0.2, 0.25) is 0 Å². The maximum atomic E-state index is 3.52. The van der Waals surface area contributed by atoms with Gasteiger partial charge in [0.05, 0.1) is 0 Å². The third-order valence-corrected chi connectivity index (χ3v) is 2.98. The molecule has 0 aliphatic rings. The Balaban J connectivity index is 3.14. The van der Waals surface area contributed by atoms with Gasteiger partial charge in [-0.25, -0.2) is 0 Å². The largest absolute Gasteiger partial charge is 0.316 e. The molecule has 1 nitrogen and oxygen atoms in total. The molecule has 0 radical (unpaired) electrons. The second kappa shape index (κ2) is 4.06. The summed E-state index contributed by atoms with van der Waals surface area (Å²) in [4.78, 5) is 0. The topological polar surface area (TPSA) is 12.0 Å². The number of benzene rings is 1. The van der Waals surface area contributed by atoms with E-state index in [-0.39, 0.29) is 0 Å². The number of hydrogen-bond donors (Lipinski definition) is 1. The van der Waals surface area contributed by atoms with Crippen molar-refractivity contribution in [2.45, 2.75) is 20.4 Å². The van der Waals surface area contributed by atoms with E-state index in [0.29, 0.717) is 0 Å². The van der Waals surface area contributed by atoms with Gasteiger partial charge >= 0.3 is 0 Å². The molecule has 0 bridgehead atoms. The zero-order valence-electron chi connectivity index (χ0n) is 7.74. The van der Waals surface area contributed by atoms with E-state index in [9.17, 15) is 0 Å². The number of aryl methyl sites for hydroxylation is 1. The van der Waals surface area contributed by atoms with Gasteiger partial charge in [-0.3, -0.25) is 0 Å². The first-order chi connectivity index (χ1) is 5.66. The summed E-state index contributed by atoms with van der Waals surface area (Å²) in [6, 6.07) is 4.24. The van der Waals surface area contributed by atoms with Crippen molar-refractivity contribution in [1.29, 1.82) is 0 Å². The minimum atomic E-state index is 0.942. The highest BCUT2D eigenvalue weighted by atomic mass is 79.9. The average Bonchev–Trinajstić information content (AvgIpc) is 2.06. The van der Waals surface area contributed by atoms with Crippen molar-refractivity contribution in [3.63, 3.8) is 0 Å². The Morgan fingerprint density at radius 2 is 2.00 bits per heavy atom. The Labute approximate surface area is 82.3 Å². The first-order valence-corrected chi connectivity index (χ1v) is 4.85. The van der Waals surface area contributed by atoms with Crippen molar-refractivity contribution in [3.05, 3.63) is 33.3 Å². The van der Waals surface area contributed by atoms with Crippen LogP contribution in [0.3, 0.4) is 0 Å². The normalized spacial score (nSPS) is 10.3. The second-order valence-corrected chi connectivity index (χ2v) is 3.85. The molecule has 1 N–H and O–H groups in total. The quantitative estimate of drug-likeness (QED) is 0.820. The second-order valence-electron chi connectivity index (χ2n) is 3.00. The molecular formula is C10H14BrN. The van der Waals surface area contributed by atoms with Crippen LogP contribution in [-0.2, 0) is 6.54 Å². The van der Waals surface area contributed by atoms with Gasteiger partial charge in [-0.1, -0.05) is 22.0 Å². The lowest BCUT2D eigenvalue weighted by atomic mass is 10.0. The summed E-state index contributed by atoms with van der Waals surface area (Å²) >= 11 is 3.52. The van der Waals surface area contributed by atoms with Crippen molar-refractivity contribution >= 4 is 15.9 Å². The van der Waals surface area contributed by atoms with E-state index in [1.165, 1.54) is 21.2 Å². The Morgan fingerprint density at radius 3 is 2.58 bits per heavy atom. The van der Waals surface area contributed by atoms with Gasteiger partial charge in [0.15, 0.2) is 0 Å². The Bertz CT molecular complexity index is 281. The van der Waals surface area contributed by atoms with Gasteiger partial charge in [-0.15, -0.1) is 0 Å². The minimum Gasteiger partial charge on any atom is -0.316 e. The van der Waals surface area contributed by atoms with Crippen LogP contribution in [0.25, 0.3) is 0 Å². The molecule has 66 valence electrons. The third-order valence-electron chi connectivity index (χ3n) is 2.12. The van der Waals surface area contributed by atoms with Gasteiger partial charge in [0.1, 0.15) is 0 Å². The molecule has 0 saturated heterocycles. The van der Waals surface area contributed by atoms with E-state index < -0.39 is 0 Å². The summed E-state index contributed by atoms with van der Waals surface area (Å²) in [5.41, 5.74) is 4.08. The van der Waals surface area contributed by atoms with E-state index in [1.807, 2.05) is 7.05 Å². The molecule has 0 aliphatic carbocycles. The molecule has 0 saturated carbocycles. The number of halogens is 1. The Morgan fingerprint density at radius 1 is 1.33 bits per heavy atom. The monoisotopic (exact) mass is 227 g/mol. The SMILES string of the molecule is CNCc1c(C)ccc(Br)c1C. The predicted octanol–water partition coefficient (Wildman–Crippen LogP) is 2.79. The fraction of sp³-hybridized carbons (Fsp3) is 0.400. The highest BCUT2D eigenvalue weighted by Crippen LogP contribution is 2.22. The summed E-state index contributed by atoms with van der Waals surface area (Å²) in [5.74, 6) is 0. The Hall–Kier alpha value is -0.340. The molecule has 1 rings (SSSR count). The molecule has 2 heteroatoms. The van der Waals surface area contributed by atoms with Crippen molar-refractivity contribution in [2.24, 2.45) is 0 Å². The van der Waals surface area contributed by atoms with Crippen LogP contribution in [0.15, 0.2) is 16.6 Å². The smallest absolute Gasteiger partial charge is 0.0208 e. The molecule has 1 aromatic carbocycles. The number of rotatable bonds is 2. The molecule has 0 aromatic heterocycles.